The second-order valence-corrected chi connectivity index (χ2v) is 7.09. The van der Waals surface area contributed by atoms with E-state index >= 15 is 0 Å². The Hall–Kier alpha value is -3.70. The third-order valence-electron chi connectivity index (χ3n) is 5.03. The van der Waals surface area contributed by atoms with Gasteiger partial charge in [0.25, 0.3) is 5.91 Å². The molecule has 2 aromatic heterocycles. The van der Waals surface area contributed by atoms with Crippen LogP contribution in [0.5, 0.6) is 5.95 Å². The minimum absolute atomic E-state index is 0.0414. The number of aliphatic hydroxyl groups excluding tert-OH is 2. The Labute approximate surface area is 180 Å². The van der Waals surface area contributed by atoms with Gasteiger partial charge in [-0.3, -0.25) is 4.79 Å². The maximum absolute atomic E-state index is 14.8. The van der Waals surface area contributed by atoms with Crippen molar-refractivity contribution < 1.29 is 33.1 Å². The third-order valence-corrected chi connectivity index (χ3v) is 5.03. The van der Waals surface area contributed by atoms with Crippen LogP contribution in [0, 0.1) is 5.82 Å². The van der Waals surface area contributed by atoms with Gasteiger partial charge in [0.2, 0.25) is 0 Å². The molecule has 4 rings (SSSR count). The molecular weight excluding hydrogens is 425 g/mol. The Morgan fingerprint density at radius 1 is 1.34 bits per heavy atom. The molecule has 0 fully saturated rings. The average Bonchev–Trinajstić information content (AvgIpc) is 3.46. The summed E-state index contributed by atoms with van der Waals surface area (Å²) in [6, 6.07) is 5.94. The van der Waals surface area contributed by atoms with Gasteiger partial charge in [0.15, 0.2) is 6.10 Å². The zero-order chi connectivity index (χ0) is 22.7. The number of ether oxygens (including phenoxy) is 1. The molecule has 10 nitrogen and oxygen atoms in total. The van der Waals surface area contributed by atoms with E-state index in [0.717, 1.165) is 4.57 Å². The van der Waals surface area contributed by atoms with Gasteiger partial charge in [-0.05, 0) is 30.2 Å². The van der Waals surface area contributed by atoms with E-state index in [4.69, 9.17) is 18.8 Å². The number of halogens is 1. The number of carbonyl (C=O) groups excluding carboxylic acids is 1. The van der Waals surface area contributed by atoms with E-state index < -0.39 is 30.2 Å². The van der Waals surface area contributed by atoms with E-state index in [1.54, 1.807) is 24.3 Å². The predicted molar refractivity (Wildman–Crippen MR) is 107 cm³/mol. The second kappa shape index (κ2) is 9.20. The Bertz CT molecular complexity index is 1180. The minimum atomic E-state index is -1.46. The molecule has 11 heteroatoms. The van der Waals surface area contributed by atoms with Gasteiger partial charge in [-0.15, -0.1) is 0 Å². The molecule has 1 amide bonds. The number of oxazole rings is 1. The lowest BCUT2D eigenvalue weighted by Gasteiger charge is -2.28. The molecule has 0 radical (unpaired) electrons. The largest absolute Gasteiger partial charge is 0.457 e. The number of carbonyl (C=O) groups is 1. The lowest BCUT2D eigenvalue weighted by Crippen LogP contribution is -2.42. The number of nitrogens with zero attached hydrogens (tertiary/aromatic N) is 3. The van der Waals surface area contributed by atoms with Gasteiger partial charge in [0.05, 0.1) is 18.5 Å². The van der Waals surface area contributed by atoms with Crippen LogP contribution in [-0.2, 0) is 11.4 Å². The summed E-state index contributed by atoms with van der Waals surface area (Å²) in [5.41, 5.74) is 1.83. The molecule has 2 N–H and O–H groups in total. The van der Waals surface area contributed by atoms with Crippen molar-refractivity contribution in [2.75, 3.05) is 19.7 Å². The van der Waals surface area contributed by atoms with Crippen LogP contribution in [0.25, 0.3) is 11.3 Å². The van der Waals surface area contributed by atoms with Crippen molar-refractivity contribution in [1.82, 2.24) is 14.6 Å². The average molecular weight is 445 g/mol. The van der Waals surface area contributed by atoms with Crippen molar-refractivity contribution in [3.8, 4) is 11.6 Å². The molecule has 0 saturated carbocycles. The van der Waals surface area contributed by atoms with Crippen molar-refractivity contribution >= 4 is 11.5 Å². The monoisotopic (exact) mass is 445 g/mol. The summed E-state index contributed by atoms with van der Waals surface area (Å²) in [6.07, 6.45) is 3.32. The highest BCUT2D eigenvalue weighted by atomic mass is 19.1. The molecule has 1 aliphatic heterocycles. The van der Waals surface area contributed by atoms with Crippen LogP contribution in [0.15, 0.2) is 56.5 Å². The highest BCUT2D eigenvalue weighted by molar-refractivity contribution is 5.82. The zero-order valence-corrected chi connectivity index (χ0v) is 16.8. The van der Waals surface area contributed by atoms with Gasteiger partial charge in [-0.2, -0.15) is 0 Å². The summed E-state index contributed by atoms with van der Waals surface area (Å²) in [6.45, 7) is -0.127. The Morgan fingerprint density at radius 3 is 2.84 bits per heavy atom. The Kier molecular flexibility index (Phi) is 6.19. The first-order valence-electron chi connectivity index (χ1n) is 9.78. The number of hydrogen-bond acceptors (Lipinski definition) is 8. The first kappa shape index (κ1) is 21.5. The van der Waals surface area contributed by atoms with Crippen molar-refractivity contribution in [3.63, 3.8) is 0 Å². The van der Waals surface area contributed by atoms with E-state index in [1.165, 1.54) is 23.4 Å². The van der Waals surface area contributed by atoms with Gasteiger partial charge in [-0.25, -0.2) is 13.8 Å². The van der Waals surface area contributed by atoms with Gasteiger partial charge < -0.3 is 28.8 Å². The molecule has 1 unspecified atom stereocenters. The van der Waals surface area contributed by atoms with Gasteiger partial charge in [-0.1, -0.05) is 11.2 Å². The number of amides is 1. The molecule has 0 saturated heterocycles. The minimum Gasteiger partial charge on any atom is -0.457 e. The van der Waals surface area contributed by atoms with Crippen LogP contribution >= 0.6 is 0 Å². The lowest BCUT2D eigenvalue weighted by atomic mass is 9.98. The molecule has 1 aliphatic rings. The SMILES string of the molecule is O=C(C(O)CO)N1CC=C(c2ccc(-n3cc(OCc4ccon4)oc3=O)cc2F)CC1. The lowest BCUT2D eigenvalue weighted by molar-refractivity contribution is -0.141. The molecule has 0 bridgehead atoms. The Morgan fingerprint density at radius 2 is 2.19 bits per heavy atom. The molecule has 32 heavy (non-hydrogen) atoms. The van der Waals surface area contributed by atoms with Crippen LogP contribution in [0.3, 0.4) is 0 Å². The van der Waals surface area contributed by atoms with Crippen LogP contribution in [0.4, 0.5) is 4.39 Å². The molecule has 168 valence electrons. The van der Waals surface area contributed by atoms with Crippen molar-refractivity contribution in [2.24, 2.45) is 0 Å². The molecule has 1 atom stereocenters. The Balaban J connectivity index is 1.48. The molecular formula is C21H20FN3O7. The molecule has 0 aliphatic carbocycles. The quantitative estimate of drug-likeness (QED) is 0.553. The summed E-state index contributed by atoms with van der Waals surface area (Å²) >= 11 is 0. The molecule has 1 aromatic carbocycles. The van der Waals surface area contributed by atoms with Crippen LogP contribution in [-0.4, -0.2) is 56.5 Å². The second-order valence-electron chi connectivity index (χ2n) is 7.09. The van der Waals surface area contributed by atoms with Gasteiger partial charge in [0, 0.05) is 24.7 Å². The first-order valence-corrected chi connectivity index (χ1v) is 9.78. The van der Waals surface area contributed by atoms with E-state index in [0.29, 0.717) is 23.3 Å². The van der Waals surface area contributed by atoms with E-state index in [2.05, 4.69) is 5.16 Å². The van der Waals surface area contributed by atoms with Crippen LogP contribution in [0.2, 0.25) is 0 Å². The fraction of sp³-hybridized carbons (Fsp3) is 0.286. The van der Waals surface area contributed by atoms with E-state index in [-0.39, 0.29) is 31.3 Å². The fourth-order valence-electron chi connectivity index (χ4n) is 3.34. The number of rotatable bonds is 7. The first-order chi connectivity index (χ1) is 15.5. The van der Waals surface area contributed by atoms with E-state index in [9.17, 15) is 19.1 Å². The molecule has 3 heterocycles. The fourth-order valence-corrected chi connectivity index (χ4v) is 3.34. The number of aliphatic hydroxyl groups is 2. The van der Waals surface area contributed by atoms with Gasteiger partial charge >= 0.3 is 11.7 Å². The standard InChI is InChI=1S/C21H20FN3O7/c22-17-9-15(25-10-19(32-21(25)29)30-12-14-5-8-31-23-14)1-2-16(17)13-3-6-24(7-4-13)20(28)18(27)11-26/h1-3,5,8-10,18,26-27H,4,6-7,11-12H2. The maximum Gasteiger partial charge on any atom is 0.426 e. The molecule has 0 spiro atoms. The van der Waals surface area contributed by atoms with Crippen molar-refractivity contribution in [2.45, 2.75) is 19.1 Å². The number of hydrogen-bond donors (Lipinski definition) is 2. The summed E-state index contributed by atoms with van der Waals surface area (Å²) in [4.78, 5) is 25.5. The third kappa shape index (κ3) is 4.48. The normalized spacial score (nSPS) is 14.8. The van der Waals surface area contributed by atoms with E-state index in [1.807, 2.05) is 0 Å². The summed E-state index contributed by atoms with van der Waals surface area (Å²) in [5.74, 6) is -1.89. The predicted octanol–water partition coefficient (Wildman–Crippen LogP) is 1.11. The number of benzene rings is 1. The van der Waals surface area contributed by atoms with Crippen LogP contribution in [0.1, 0.15) is 17.7 Å². The summed E-state index contributed by atoms with van der Waals surface area (Å²) < 4.78 is 31.0. The summed E-state index contributed by atoms with van der Waals surface area (Å²) in [5, 5.41) is 22.1. The topological polar surface area (TPSA) is 131 Å². The van der Waals surface area contributed by atoms with Gasteiger partial charge in [0.1, 0.15) is 24.4 Å². The highest BCUT2D eigenvalue weighted by Crippen LogP contribution is 2.27. The number of aromatic nitrogens is 2. The highest BCUT2D eigenvalue weighted by Gasteiger charge is 2.24. The zero-order valence-electron chi connectivity index (χ0n) is 16.8. The summed E-state index contributed by atoms with van der Waals surface area (Å²) in [7, 11) is 0. The van der Waals surface area contributed by atoms with Crippen molar-refractivity contribution in [1.29, 1.82) is 0 Å². The molecule has 3 aromatic rings. The smallest absolute Gasteiger partial charge is 0.426 e. The van der Waals surface area contributed by atoms with Crippen LogP contribution < -0.4 is 10.5 Å². The van der Waals surface area contributed by atoms with Crippen molar-refractivity contribution in [3.05, 3.63) is 70.4 Å². The maximum atomic E-state index is 14.8.